The fourth-order valence-corrected chi connectivity index (χ4v) is 9.58. The van der Waals surface area contributed by atoms with E-state index in [1.807, 2.05) is 12.3 Å². The molecule has 0 fully saturated rings. The first-order chi connectivity index (χ1) is 29.6. The predicted molar refractivity (Wildman–Crippen MR) is 256 cm³/mol. The minimum atomic E-state index is -0.183. The van der Waals surface area contributed by atoms with E-state index in [0.717, 1.165) is 63.0 Å². The Morgan fingerprint density at radius 2 is 1.49 bits per heavy atom. The van der Waals surface area contributed by atoms with Gasteiger partial charge in [0.15, 0.2) is 0 Å². The van der Waals surface area contributed by atoms with Crippen LogP contribution in [0, 0.1) is 18.8 Å². The molecular formula is C55H57N6OPt-3. The number of anilines is 3. The zero-order chi connectivity index (χ0) is 43.2. The van der Waals surface area contributed by atoms with Crippen LogP contribution in [0.1, 0.15) is 116 Å². The van der Waals surface area contributed by atoms with Crippen LogP contribution in [0.3, 0.4) is 0 Å². The van der Waals surface area contributed by atoms with E-state index in [-0.39, 0.29) is 32.0 Å². The van der Waals surface area contributed by atoms with Crippen molar-refractivity contribution in [2.45, 2.75) is 118 Å². The van der Waals surface area contributed by atoms with Crippen LogP contribution in [0.2, 0.25) is 0 Å². The van der Waals surface area contributed by atoms with Crippen LogP contribution in [-0.4, -0.2) is 24.6 Å². The van der Waals surface area contributed by atoms with Crippen molar-refractivity contribution in [3.8, 4) is 28.4 Å². The molecule has 326 valence electrons. The van der Waals surface area contributed by atoms with E-state index in [1.165, 1.54) is 52.1 Å². The second-order valence-electron chi connectivity index (χ2n) is 19.9. The average molecular weight is 1010 g/mol. The van der Waals surface area contributed by atoms with Crippen molar-refractivity contribution < 1.29 is 25.8 Å². The zero-order valence-corrected chi connectivity index (χ0v) is 40.5. The van der Waals surface area contributed by atoms with Gasteiger partial charge in [-0.05, 0) is 109 Å². The SMILES string of the molecule is CC(C)c1cccc(C(C)C)c1-c1cc(Oc2[c-]c3c(cc2)c2ccccc2n3-c2cc(C(C)(C)C)ccn2)[c-]c(N2[CH-]N(C(C)(C)C)c3cc4c(cc32)nc2n4CCCC2)c1.[Pt]. The smallest absolute Gasteiger partial charge is 0.135 e. The molecule has 8 aromatic rings. The van der Waals surface area contributed by atoms with Crippen molar-refractivity contribution in [1.29, 1.82) is 0 Å². The Kier molecular flexibility index (Phi) is 10.9. The Morgan fingerprint density at radius 1 is 0.730 bits per heavy atom. The summed E-state index contributed by atoms with van der Waals surface area (Å²) in [6.45, 7) is 25.9. The van der Waals surface area contributed by atoms with Crippen molar-refractivity contribution in [3.63, 3.8) is 0 Å². The molecule has 0 spiro atoms. The molecule has 5 heterocycles. The van der Waals surface area contributed by atoms with Crippen molar-refractivity contribution in [2.24, 2.45) is 0 Å². The number of fused-ring (bicyclic) bond motifs is 7. The summed E-state index contributed by atoms with van der Waals surface area (Å²) in [4.78, 5) is 14.8. The summed E-state index contributed by atoms with van der Waals surface area (Å²) < 4.78 is 11.7. The van der Waals surface area contributed by atoms with Crippen LogP contribution in [0.4, 0.5) is 17.1 Å². The molecule has 0 bridgehead atoms. The molecule has 7 nitrogen and oxygen atoms in total. The third-order valence-electron chi connectivity index (χ3n) is 12.8. The Morgan fingerprint density at radius 3 is 2.22 bits per heavy atom. The summed E-state index contributed by atoms with van der Waals surface area (Å²) in [5.41, 5.74) is 13.4. The van der Waals surface area contributed by atoms with Gasteiger partial charge in [-0.1, -0.05) is 90.4 Å². The molecule has 10 rings (SSSR count). The maximum Gasteiger partial charge on any atom is 0.135 e. The average Bonchev–Trinajstić information content (AvgIpc) is 3.91. The van der Waals surface area contributed by atoms with E-state index < -0.39 is 0 Å². The number of imidazole rings is 1. The van der Waals surface area contributed by atoms with Gasteiger partial charge in [-0.2, -0.15) is 12.7 Å². The monoisotopic (exact) mass is 1010 g/mol. The normalized spacial score (nSPS) is 14.3. The van der Waals surface area contributed by atoms with E-state index in [9.17, 15) is 0 Å². The first kappa shape index (κ1) is 42.9. The van der Waals surface area contributed by atoms with E-state index >= 15 is 0 Å². The molecule has 2 aliphatic heterocycles. The fraction of sp³-hybridized carbons (Fsp3) is 0.327. The van der Waals surface area contributed by atoms with Crippen molar-refractivity contribution >= 4 is 49.9 Å². The van der Waals surface area contributed by atoms with E-state index in [0.29, 0.717) is 23.3 Å². The predicted octanol–water partition coefficient (Wildman–Crippen LogP) is 14.3. The number of rotatable bonds is 7. The van der Waals surface area contributed by atoms with E-state index in [2.05, 4.69) is 192 Å². The minimum Gasteiger partial charge on any atom is -0.509 e. The largest absolute Gasteiger partial charge is 0.509 e. The van der Waals surface area contributed by atoms with Gasteiger partial charge in [-0.25, -0.2) is 9.97 Å². The van der Waals surface area contributed by atoms with Gasteiger partial charge in [0.2, 0.25) is 0 Å². The van der Waals surface area contributed by atoms with Gasteiger partial charge in [0, 0.05) is 74.2 Å². The van der Waals surface area contributed by atoms with Gasteiger partial charge in [-0.3, -0.25) is 0 Å². The molecule has 8 heteroatoms. The molecular weight excluding hydrogens is 956 g/mol. The molecule has 0 saturated heterocycles. The molecule has 0 aliphatic carbocycles. The van der Waals surface area contributed by atoms with Gasteiger partial charge in [0.25, 0.3) is 0 Å². The number of aromatic nitrogens is 4. The summed E-state index contributed by atoms with van der Waals surface area (Å²) in [6, 6.07) is 40.4. The zero-order valence-electron chi connectivity index (χ0n) is 38.2. The van der Waals surface area contributed by atoms with E-state index in [1.54, 1.807) is 0 Å². The van der Waals surface area contributed by atoms with Gasteiger partial charge in [0.05, 0.1) is 11.0 Å². The summed E-state index contributed by atoms with van der Waals surface area (Å²) >= 11 is 0. The number of benzene rings is 5. The van der Waals surface area contributed by atoms with Crippen LogP contribution in [-0.2, 0) is 39.4 Å². The van der Waals surface area contributed by atoms with Crippen LogP contribution in [0.5, 0.6) is 11.5 Å². The number of ether oxygens (including phenoxy) is 1. The summed E-state index contributed by atoms with van der Waals surface area (Å²) in [7, 11) is 0. The number of para-hydroxylation sites is 1. The second-order valence-corrected chi connectivity index (χ2v) is 19.9. The molecule has 0 unspecified atom stereocenters. The first-order valence-electron chi connectivity index (χ1n) is 22.4. The number of hydrogen-bond acceptors (Lipinski definition) is 5. The van der Waals surface area contributed by atoms with Gasteiger partial charge >= 0.3 is 0 Å². The Balaban J connectivity index is 0.00000504. The van der Waals surface area contributed by atoms with Crippen LogP contribution < -0.4 is 14.5 Å². The van der Waals surface area contributed by atoms with Crippen molar-refractivity contribution in [1.82, 2.24) is 19.1 Å². The molecule has 2 aliphatic rings. The molecule has 5 aromatic carbocycles. The van der Waals surface area contributed by atoms with E-state index in [4.69, 9.17) is 14.7 Å². The molecule has 0 N–H and O–H groups in total. The topological polar surface area (TPSA) is 51.4 Å². The Hall–Kier alpha value is -5.39. The summed E-state index contributed by atoms with van der Waals surface area (Å²) in [5.74, 6) is 3.92. The van der Waals surface area contributed by atoms with Crippen LogP contribution >= 0.6 is 0 Å². The number of pyridine rings is 1. The Bertz CT molecular complexity index is 3010. The molecule has 0 radical (unpaired) electrons. The van der Waals surface area contributed by atoms with Gasteiger partial charge < -0.3 is 23.7 Å². The summed E-state index contributed by atoms with van der Waals surface area (Å²) in [6.07, 6.45) is 5.31. The van der Waals surface area contributed by atoms with Gasteiger partial charge in [-0.15, -0.1) is 47.0 Å². The number of nitrogens with zero attached hydrogens (tertiary/aromatic N) is 6. The first-order valence-corrected chi connectivity index (χ1v) is 22.4. The molecule has 0 atom stereocenters. The quantitative estimate of drug-likeness (QED) is 0.149. The fourth-order valence-electron chi connectivity index (χ4n) is 9.58. The standard InChI is InChI=1S/C55H57N6O.Pt/c1-34(2)41-17-15-18-42(35(3)4)53(41)36-26-38(59-33-60(55(8,9)10)50-32-48-45(31-49(50)59)57-51-20-13-14-25-58(48)51)29-40(27-36)62-39-21-22-44-43-16-11-12-19-46(43)61(47(44)30-39)52-28-37(23-24-56-52)54(5,6)7;/h11-12,15-19,21-24,26-28,31-35H,13-14,20,25H2,1-10H3;/q-3;. The number of aryl methyl sites for hydroxylation is 2. The molecule has 0 amide bonds. The maximum atomic E-state index is 7.01. The van der Waals surface area contributed by atoms with Crippen molar-refractivity contribution in [2.75, 3.05) is 9.80 Å². The molecule has 0 saturated carbocycles. The second kappa shape index (κ2) is 16.0. The molecule has 63 heavy (non-hydrogen) atoms. The van der Waals surface area contributed by atoms with Crippen molar-refractivity contribution in [3.05, 3.63) is 139 Å². The van der Waals surface area contributed by atoms with Gasteiger partial charge in [0.1, 0.15) is 11.6 Å². The van der Waals surface area contributed by atoms with Crippen LogP contribution in [0.15, 0.2) is 97.2 Å². The summed E-state index contributed by atoms with van der Waals surface area (Å²) in [5, 5.41) is 2.24. The Labute approximate surface area is 387 Å². The van der Waals surface area contributed by atoms with Crippen LogP contribution in [0.25, 0.3) is 49.8 Å². The molecule has 3 aromatic heterocycles. The third-order valence-corrected chi connectivity index (χ3v) is 12.8. The number of hydrogen-bond donors (Lipinski definition) is 0. The third kappa shape index (κ3) is 7.54. The maximum absolute atomic E-state index is 7.01. The minimum absolute atomic E-state index is 0.